The number of ether oxygens (including phenoxy) is 2. The summed E-state index contributed by atoms with van der Waals surface area (Å²) in [6.07, 6.45) is 3.36. The molecule has 0 bridgehead atoms. The highest BCUT2D eigenvalue weighted by molar-refractivity contribution is 5.80. The Kier molecular flexibility index (Phi) is 4.92. The number of fused-ring (bicyclic) bond motifs is 1. The summed E-state index contributed by atoms with van der Waals surface area (Å²) < 4.78 is 10.9. The summed E-state index contributed by atoms with van der Waals surface area (Å²) >= 11 is 0. The number of hydrogen-bond acceptors (Lipinski definition) is 4. The average Bonchev–Trinajstić information content (AvgIpc) is 2.61. The zero-order valence-corrected chi connectivity index (χ0v) is 13.8. The topological polar surface area (TPSA) is 84.9 Å². The van der Waals surface area contributed by atoms with Gasteiger partial charge in [-0.2, -0.15) is 0 Å². The molecular formula is C18H23NO5. The zero-order valence-electron chi connectivity index (χ0n) is 13.8. The maximum Gasteiger partial charge on any atom is 0.306 e. The van der Waals surface area contributed by atoms with Gasteiger partial charge in [0.1, 0.15) is 18.1 Å². The second-order valence-corrected chi connectivity index (χ2v) is 6.58. The molecule has 1 unspecified atom stereocenters. The summed E-state index contributed by atoms with van der Waals surface area (Å²) in [4.78, 5) is 23.5. The molecule has 1 amide bonds. The van der Waals surface area contributed by atoms with Crippen molar-refractivity contribution in [3.8, 4) is 11.5 Å². The van der Waals surface area contributed by atoms with Gasteiger partial charge in [0.2, 0.25) is 5.91 Å². The highest BCUT2D eigenvalue weighted by atomic mass is 16.5. The third-order valence-corrected chi connectivity index (χ3v) is 4.97. The number of rotatable bonds is 4. The standard InChI is InChI=1S/C18H23NO5/c1-23-15-7-4-12-8-13(10-24-16(12)9-15)17(20)19-14-5-2-11(3-6-14)18(21)22/h4,7,9,11,13-14H,2-3,5-6,8,10H2,1H3,(H,19,20)(H,21,22). The summed E-state index contributed by atoms with van der Waals surface area (Å²) in [7, 11) is 1.61. The van der Waals surface area contributed by atoms with Gasteiger partial charge in [-0.1, -0.05) is 6.07 Å². The van der Waals surface area contributed by atoms with Crippen LogP contribution in [0.25, 0.3) is 0 Å². The maximum atomic E-state index is 12.5. The fourth-order valence-corrected chi connectivity index (χ4v) is 3.45. The molecule has 1 aromatic carbocycles. The zero-order chi connectivity index (χ0) is 17.1. The molecule has 0 radical (unpaired) electrons. The first-order valence-electron chi connectivity index (χ1n) is 8.39. The van der Waals surface area contributed by atoms with Gasteiger partial charge in [0.15, 0.2) is 0 Å². The van der Waals surface area contributed by atoms with Crippen LogP contribution in [-0.4, -0.2) is 36.7 Å². The SMILES string of the molecule is COc1ccc2c(c1)OCC(C(=O)NC1CCC(C(=O)O)CC1)C2. The van der Waals surface area contributed by atoms with Gasteiger partial charge in [-0.15, -0.1) is 0 Å². The minimum atomic E-state index is -0.729. The molecule has 1 saturated carbocycles. The largest absolute Gasteiger partial charge is 0.497 e. The molecule has 1 atom stereocenters. The number of carbonyl (C=O) groups is 2. The van der Waals surface area contributed by atoms with Crippen LogP contribution in [0.2, 0.25) is 0 Å². The van der Waals surface area contributed by atoms with Crippen LogP contribution in [0.15, 0.2) is 18.2 Å². The Morgan fingerprint density at radius 3 is 2.62 bits per heavy atom. The fraction of sp³-hybridized carbons (Fsp3) is 0.556. The van der Waals surface area contributed by atoms with E-state index in [0.717, 1.165) is 29.9 Å². The van der Waals surface area contributed by atoms with Gasteiger partial charge in [0.05, 0.1) is 18.9 Å². The van der Waals surface area contributed by atoms with Crippen molar-refractivity contribution in [2.24, 2.45) is 11.8 Å². The molecule has 1 aromatic rings. The van der Waals surface area contributed by atoms with Crippen LogP contribution in [0.4, 0.5) is 0 Å². The van der Waals surface area contributed by atoms with Gasteiger partial charge in [-0.25, -0.2) is 0 Å². The molecule has 1 heterocycles. The second-order valence-electron chi connectivity index (χ2n) is 6.58. The Labute approximate surface area is 141 Å². The lowest BCUT2D eigenvalue weighted by atomic mass is 9.85. The van der Waals surface area contributed by atoms with Crippen molar-refractivity contribution in [3.05, 3.63) is 23.8 Å². The number of carboxylic acids is 1. The van der Waals surface area contributed by atoms with Crippen molar-refractivity contribution in [1.82, 2.24) is 5.32 Å². The van der Waals surface area contributed by atoms with Gasteiger partial charge in [-0.3, -0.25) is 9.59 Å². The summed E-state index contributed by atoms with van der Waals surface area (Å²) in [5, 5.41) is 12.1. The molecule has 2 N–H and O–H groups in total. The lowest BCUT2D eigenvalue weighted by molar-refractivity contribution is -0.142. The van der Waals surface area contributed by atoms with E-state index in [1.165, 1.54) is 0 Å². The van der Waals surface area contributed by atoms with Crippen molar-refractivity contribution >= 4 is 11.9 Å². The molecule has 6 nitrogen and oxygen atoms in total. The van der Waals surface area contributed by atoms with E-state index in [4.69, 9.17) is 14.6 Å². The van der Waals surface area contributed by atoms with Crippen LogP contribution in [0.3, 0.4) is 0 Å². The van der Waals surface area contributed by atoms with Crippen LogP contribution in [0, 0.1) is 11.8 Å². The van der Waals surface area contributed by atoms with Crippen LogP contribution in [0.1, 0.15) is 31.2 Å². The molecule has 1 aliphatic carbocycles. The number of nitrogens with one attached hydrogen (secondary N) is 1. The normalized spacial score (nSPS) is 26.0. The summed E-state index contributed by atoms with van der Waals surface area (Å²) in [5.41, 5.74) is 1.01. The smallest absolute Gasteiger partial charge is 0.306 e. The Morgan fingerprint density at radius 1 is 1.21 bits per heavy atom. The van der Waals surface area contributed by atoms with E-state index >= 15 is 0 Å². The number of carbonyl (C=O) groups excluding carboxylic acids is 1. The second kappa shape index (κ2) is 7.11. The van der Waals surface area contributed by atoms with Crippen molar-refractivity contribution in [2.75, 3.05) is 13.7 Å². The summed E-state index contributed by atoms with van der Waals surface area (Å²) in [6.45, 7) is 0.358. The van der Waals surface area contributed by atoms with Gasteiger partial charge in [0, 0.05) is 12.1 Å². The van der Waals surface area contributed by atoms with E-state index in [-0.39, 0.29) is 23.8 Å². The van der Waals surface area contributed by atoms with E-state index in [1.807, 2.05) is 18.2 Å². The van der Waals surface area contributed by atoms with E-state index in [0.29, 0.717) is 25.9 Å². The van der Waals surface area contributed by atoms with Crippen LogP contribution >= 0.6 is 0 Å². The molecule has 0 spiro atoms. The number of aliphatic carboxylic acids is 1. The monoisotopic (exact) mass is 333 g/mol. The molecule has 3 rings (SSSR count). The Morgan fingerprint density at radius 2 is 1.96 bits per heavy atom. The van der Waals surface area contributed by atoms with Gasteiger partial charge in [-0.05, 0) is 43.7 Å². The summed E-state index contributed by atoms with van der Waals surface area (Å²) in [6, 6.07) is 5.73. The highest BCUT2D eigenvalue weighted by Crippen LogP contribution is 2.31. The number of methoxy groups -OCH3 is 1. The van der Waals surface area contributed by atoms with Crippen molar-refractivity contribution in [1.29, 1.82) is 0 Å². The highest BCUT2D eigenvalue weighted by Gasteiger charge is 2.30. The first kappa shape index (κ1) is 16.6. The maximum absolute atomic E-state index is 12.5. The van der Waals surface area contributed by atoms with E-state index < -0.39 is 5.97 Å². The summed E-state index contributed by atoms with van der Waals surface area (Å²) in [5.74, 6) is 0.316. The number of hydrogen-bond donors (Lipinski definition) is 2. The molecule has 130 valence electrons. The van der Waals surface area contributed by atoms with Crippen molar-refractivity contribution in [2.45, 2.75) is 38.1 Å². The minimum Gasteiger partial charge on any atom is -0.497 e. The lowest BCUT2D eigenvalue weighted by Crippen LogP contribution is -2.44. The predicted molar refractivity (Wildman–Crippen MR) is 87.2 cm³/mol. The predicted octanol–water partition coefficient (Wildman–Crippen LogP) is 2.01. The molecule has 1 aliphatic heterocycles. The number of benzene rings is 1. The Hall–Kier alpha value is -2.24. The molecule has 2 aliphatic rings. The Balaban J connectivity index is 1.54. The van der Waals surface area contributed by atoms with Gasteiger partial charge in [0.25, 0.3) is 0 Å². The van der Waals surface area contributed by atoms with Crippen LogP contribution in [0.5, 0.6) is 11.5 Å². The third-order valence-electron chi connectivity index (χ3n) is 4.97. The number of carboxylic acid groups (broad SMARTS) is 1. The molecule has 0 aromatic heterocycles. The minimum absolute atomic E-state index is 0.00440. The van der Waals surface area contributed by atoms with Gasteiger partial charge < -0.3 is 19.9 Å². The van der Waals surface area contributed by atoms with Gasteiger partial charge >= 0.3 is 5.97 Å². The molecule has 0 saturated heterocycles. The first-order chi connectivity index (χ1) is 11.6. The van der Waals surface area contributed by atoms with Crippen molar-refractivity contribution < 1.29 is 24.2 Å². The number of amides is 1. The molecule has 1 fully saturated rings. The van der Waals surface area contributed by atoms with E-state index in [9.17, 15) is 9.59 Å². The fourth-order valence-electron chi connectivity index (χ4n) is 3.45. The van der Waals surface area contributed by atoms with Crippen molar-refractivity contribution in [3.63, 3.8) is 0 Å². The molecule has 6 heteroatoms. The lowest BCUT2D eigenvalue weighted by Gasteiger charge is -2.30. The Bertz CT molecular complexity index is 622. The molecule has 24 heavy (non-hydrogen) atoms. The van der Waals surface area contributed by atoms with Crippen LogP contribution in [-0.2, 0) is 16.0 Å². The van der Waals surface area contributed by atoms with E-state index in [2.05, 4.69) is 5.32 Å². The quantitative estimate of drug-likeness (QED) is 0.880. The first-order valence-corrected chi connectivity index (χ1v) is 8.39. The van der Waals surface area contributed by atoms with E-state index in [1.54, 1.807) is 7.11 Å². The average molecular weight is 333 g/mol. The third kappa shape index (κ3) is 3.63. The van der Waals surface area contributed by atoms with Crippen LogP contribution < -0.4 is 14.8 Å². The molecular weight excluding hydrogens is 310 g/mol.